The SMILES string of the molecule is NC(=S)N1CCOCC1Cc1nc(-c2cccc(I)c2)no1. The average Bonchev–Trinajstić information content (AvgIpc) is 2.96. The molecule has 1 unspecified atom stereocenters. The van der Waals surface area contributed by atoms with Gasteiger partial charge in [-0.2, -0.15) is 4.98 Å². The number of thiocarbonyl (C=S) groups is 1. The Kier molecular flexibility index (Phi) is 4.89. The number of benzene rings is 1. The van der Waals surface area contributed by atoms with E-state index in [0.717, 1.165) is 9.13 Å². The van der Waals surface area contributed by atoms with Crippen LogP contribution in [0.2, 0.25) is 0 Å². The molecule has 2 N–H and O–H groups in total. The first-order chi connectivity index (χ1) is 10.6. The molecule has 1 atom stereocenters. The van der Waals surface area contributed by atoms with Crippen LogP contribution in [0.3, 0.4) is 0 Å². The molecule has 1 aromatic carbocycles. The normalized spacial score (nSPS) is 18.4. The molecule has 6 nitrogen and oxygen atoms in total. The number of hydrogen-bond acceptors (Lipinski definition) is 5. The summed E-state index contributed by atoms with van der Waals surface area (Å²) >= 11 is 7.34. The molecule has 0 aliphatic carbocycles. The summed E-state index contributed by atoms with van der Waals surface area (Å²) in [6, 6.07) is 8.00. The number of aromatic nitrogens is 2. The van der Waals surface area contributed by atoms with Crippen molar-refractivity contribution in [1.29, 1.82) is 0 Å². The highest BCUT2D eigenvalue weighted by atomic mass is 127. The van der Waals surface area contributed by atoms with Gasteiger partial charge in [0.2, 0.25) is 11.7 Å². The summed E-state index contributed by atoms with van der Waals surface area (Å²) in [7, 11) is 0. The molecule has 8 heteroatoms. The summed E-state index contributed by atoms with van der Waals surface area (Å²) in [6.45, 7) is 1.88. The number of morpholine rings is 1. The van der Waals surface area contributed by atoms with Gasteiger partial charge in [-0.1, -0.05) is 17.3 Å². The predicted octanol–water partition coefficient (Wildman–Crippen LogP) is 1.83. The minimum absolute atomic E-state index is 0.0375. The van der Waals surface area contributed by atoms with Crippen LogP contribution in [0.1, 0.15) is 5.89 Å². The highest BCUT2D eigenvalue weighted by Gasteiger charge is 2.26. The van der Waals surface area contributed by atoms with E-state index in [-0.39, 0.29) is 6.04 Å². The summed E-state index contributed by atoms with van der Waals surface area (Å²) in [5.41, 5.74) is 6.70. The molecule has 0 spiro atoms. The van der Waals surface area contributed by atoms with Crippen molar-refractivity contribution in [2.75, 3.05) is 19.8 Å². The first-order valence-electron chi connectivity index (χ1n) is 6.86. The lowest BCUT2D eigenvalue weighted by Crippen LogP contribution is -2.51. The van der Waals surface area contributed by atoms with Crippen LogP contribution in [0.25, 0.3) is 11.4 Å². The number of nitrogens with zero attached hydrogens (tertiary/aromatic N) is 3. The number of ether oxygens (including phenoxy) is 1. The van der Waals surface area contributed by atoms with Crippen molar-refractivity contribution < 1.29 is 9.26 Å². The van der Waals surface area contributed by atoms with Gasteiger partial charge in [0.15, 0.2) is 5.11 Å². The van der Waals surface area contributed by atoms with Crippen LogP contribution >= 0.6 is 34.8 Å². The van der Waals surface area contributed by atoms with E-state index in [4.69, 9.17) is 27.2 Å². The van der Waals surface area contributed by atoms with Gasteiger partial charge in [0.25, 0.3) is 0 Å². The monoisotopic (exact) mass is 430 g/mol. The zero-order valence-corrected chi connectivity index (χ0v) is 14.7. The van der Waals surface area contributed by atoms with Crippen LogP contribution in [0.4, 0.5) is 0 Å². The second kappa shape index (κ2) is 6.88. The third-order valence-electron chi connectivity index (χ3n) is 3.47. The Morgan fingerprint density at radius 2 is 2.36 bits per heavy atom. The third kappa shape index (κ3) is 3.55. The molecule has 0 saturated carbocycles. The van der Waals surface area contributed by atoms with Gasteiger partial charge in [0, 0.05) is 22.1 Å². The molecule has 1 aliphatic heterocycles. The minimum atomic E-state index is 0.0375. The first-order valence-corrected chi connectivity index (χ1v) is 8.34. The molecule has 1 aliphatic rings. The highest BCUT2D eigenvalue weighted by molar-refractivity contribution is 14.1. The lowest BCUT2D eigenvalue weighted by Gasteiger charge is -2.35. The van der Waals surface area contributed by atoms with Gasteiger partial charge in [-0.15, -0.1) is 0 Å². The maximum Gasteiger partial charge on any atom is 0.229 e. The summed E-state index contributed by atoms with van der Waals surface area (Å²) < 4.78 is 12.0. The average molecular weight is 430 g/mol. The maximum atomic E-state index is 5.76. The van der Waals surface area contributed by atoms with Crippen molar-refractivity contribution >= 4 is 39.9 Å². The second-order valence-electron chi connectivity index (χ2n) is 4.99. The highest BCUT2D eigenvalue weighted by Crippen LogP contribution is 2.19. The molecule has 0 bridgehead atoms. The topological polar surface area (TPSA) is 77.4 Å². The van der Waals surface area contributed by atoms with Gasteiger partial charge in [-0.25, -0.2) is 0 Å². The molecular formula is C14H15IN4O2S. The molecule has 1 aromatic heterocycles. The van der Waals surface area contributed by atoms with E-state index in [2.05, 4.69) is 32.7 Å². The van der Waals surface area contributed by atoms with Crippen molar-refractivity contribution in [3.8, 4) is 11.4 Å². The van der Waals surface area contributed by atoms with Crippen molar-refractivity contribution in [2.45, 2.75) is 12.5 Å². The Hall–Kier alpha value is -1.26. The molecular weight excluding hydrogens is 415 g/mol. The molecule has 2 heterocycles. The smallest absolute Gasteiger partial charge is 0.229 e. The van der Waals surface area contributed by atoms with Crippen molar-refractivity contribution in [2.24, 2.45) is 5.73 Å². The zero-order valence-electron chi connectivity index (χ0n) is 11.7. The largest absolute Gasteiger partial charge is 0.377 e. The Morgan fingerprint density at radius 1 is 1.50 bits per heavy atom. The number of rotatable bonds is 3. The molecule has 0 amide bonds. The Labute approximate surface area is 147 Å². The third-order valence-corrected chi connectivity index (χ3v) is 4.38. The Morgan fingerprint density at radius 3 is 3.14 bits per heavy atom. The quantitative estimate of drug-likeness (QED) is 0.588. The van der Waals surface area contributed by atoms with Crippen LogP contribution in [-0.2, 0) is 11.2 Å². The second-order valence-corrected chi connectivity index (χ2v) is 6.65. The lowest BCUT2D eigenvalue weighted by molar-refractivity contribution is 0.0246. The standard InChI is InChI=1S/C14H15IN4O2S/c15-10-3-1-2-9(6-10)13-17-12(21-18-13)7-11-8-20-5-4-19(11)14(16)22/h1-3,6,11H,4-5,7-8H2,(H2,16,22). The van der Waals surface area contributed by atoms with Gasteiger partial charge in [0.05, 0.1) is 19.3 Å². The summed E-state index contributed by atoms with van der Waals surface area (Å²) in [4.78, 5) is 6.41. The number of nitrogens with two attached hydrogens (primary N) is 1. The molecule has 2 aromatic rings. The predicted molar refractivity (Wildman–Crippen MR) is 94.3 cm³/mol. The van der Waals surface area contributed by atoms with Crippen molar-refractivity contribution in [1.82, 2.24) is 15.0 Å². The van der Waals surface area contributed by atoms with Gasteiger partial charge >= 0.3 is 0 Å². The van der Waals surface area contributed by atoms with Crippen LogP contribution in [0, 0.1) is 3.57 Å². The van der Waals surface area contributed by atoms with Gasteiger partial charge < -0.3 is 19.9 Å². The van der Waals surface area contributed by atoms with Crippen LogP contribution in [-0.4, -0.2) is 46.0 Å². The van der Waals surface area contributed by atoms with Crippen LogP contribution < -0.4 is 5.73 Å². The number of halogens is 1. The molecule has 116 valence electrons. The van der Waals surface area contributed by atoms with E-state index >= 15 is 0 Å². The zero-order chi connectivity index (χ0) is 15.5. The van der Waals surface area contributed by atoms with Gasteiger partial charge in [-0.05, 0) is 46.9 Å². The summed E-state index contributed by atoms with van der Waals surface area (Å²) in [6.07, 6.45) is 0.564. The number of hydrogen-bond donors (Lipinski definition) is 1. The van der Waals surface area contributed by atoms with Crippen molar-refractivity contribution in [3.05, 3.63) is 33.7 Å². The lowest BCUT2D eigenvalue weighted by atomic mass is 10.1. The van der Waals surface area contributed by atoms with E-state index in [1.807, 2.05) is 29.2 Å². The van der Waals surface area contributed by atoms with Crippen molar-refractivity contribution in [3.63, 3.8) is 0 Å². The van der Waals surface area contributed by atoms with Gasteiger partial charge in [0.1, 0.15) is 0 Å². The van der Waals surface area contributed by atoms with E-state index in [1.54, 1.807) is 0 Å². The molecule has 0 radical (unpaired) electrons. The molecule has 3 rings (SSSR count). The molecule has 1 fully saturated rings. The first kappa shape index (κ1) is 15.6. The Bertz CT molecular complexity index is 678. The fourth-order valence-corrected chi connectivity index (χ4v) is 3.18. The summed E-state index contributed by atoms with van der Waals surface area (Å²) in [5.74, 6) is 1.15. The molecule has 22 heavy (non-hydrogen) atoms. The van der Waals surface area contributed by atoms with Crippen LogP contribution in [0.5, 0.6) is 0 Å². The minimum Gasteiger partial charge on any atom is -0.377 e. The fourth-order valence-electron chi connectivity index (χ4n) is 2.40. The van der Waals surface area contributed by atoms with E-state index < -0.39 is 0 Å². The maximum absolute atomic E-state index is 5.76. The summed E-state index contributed by atoms with van der Waals surface area (Å²) in [5, 5.41) is 4.43. The van der Waals surface area contributed by atoms with Crippen LogP contribution in [0.15, 0.2) is 28.8 Å². The van der Waals surface area contributed by atoms with Gasteiger partial charge in [-0.3, -0.25) is 0 Å². The Balaban J connectivity index is 1.75. The molecule has 1 saturated heterocycles. The van der Waals surface area contributed by atoms with E-state index in [1.165, 1.54) is 0 Å². The fraction of sp³-hybridized carbons (Fsp3) is 0.357. The van der Waals surface area contributed by atoms with E-state index in [9.17, 15) is 0 Å². The van der Waals surface area contributed by atoms with E-state index in [0.29, 0.717) is 43.0 Å².